The topological polar surface area (TPSA) is 17.1 Å². The minimum atomic E-state index is -0.439. The summed E-state index contributed by atoms with van der Waals surface area (Å²) in [6.45, 7) is 0. The Morgan fingerprint density at radius 2 is 1.75 bits per heavy atom. The average Bonchev–Trinajstić information content (AvgIpc) is 2.16. The molecule has 5 heteroatoms. The maximum absolute atomic E-state index is 10.9. The Kier molecular flexibility index (Phi) is 5.63. The molecule has 0 saturated heterocycles. The summed E-state index contributed by atoms with van der Waals surface area (Å²) in [6, 6.07) is 7.08. The Hall–Kier alpha value is -0.210. The van der Waals surface area contributed by atoms with Crippen molar-refractivity contribution in [3.8, 4) is 0 Å². The van der Waals surface area contributed by atoms with Crippen LogP contribution in [0.15, 0.2) is 34.8 Å². The van der Waals surface area contributed by atoms with Crippen LogP contribution < -0.4 is 0 Å². The van der Waals surface area contributed by atoms with Gasteiger partial charge in [-0.1, -0.05) is 46.9 Å². The van der Waals surface area contributed by atoms with Crippen molar-refractivity contribution in [3.05, 3.63) is 45.4 Å². The van der Waals surface area contributed by atoms with Crippen LogP contribution in [0.5, 0.6) is 0 Å². The van der Waals surface area contributed by atoms with Crippen molar-refractivity contribution in [2.75, 3.05) is 0 Å². The molecule has 1 aromatic carbocycles. The van der Waals surface area contributed by atoms with Crippen LogP contribution in [-0.2, 0) is 4.79 Å². The number of rotatable bonds is 4. The first kappa shape index (κ1) is 13.9. The normalized spacial score (nSPS) is 12.0. The standard InChI is InChI=1S/C11H8Cl4O/c12-9-3-1-7(2-4-9)8(5-10(13)14)6-11(15)16/h1-5,8H,6H2. The average molecular weight is 298 g/mol. The molecule has 0 aliphatic heterocycles. The monoisotopic (exact) mass is 296 g/mol. The fourth-order valence-electron chi connectivity index (χ4n) is 1.31. The van der Waals surface area contributed by atoms with Crippen molar-refractivity contribution in [2.24, 2.45) is 0 Å². The molecule has 0 radical (unpaired) electrons. The van der Waals surface area contributed by atoms with Crippen molar-refractivity contribution in [2.45, 2.75) is 12.3 Å². The Balaban J connectivity index is 2.96. The molecule has 0 heterocycles. The van der Waals surface area contributed by atoms with Crippen LogP contribution in [0.25, 0.3) is 0 Å². The molecule has 86 valence electrons. The van der Waals surface area contributed by atoms with Crippen molar-refractivity contribution >= 4 is 51.6 Å². The van der Waals surface area contributed by atoms with E-state index < -0.39 is 5.24 Å². The number of allylic oxidation sites excluding steroid dienone is 1. The Morgan fingerprint density at radius 1 is 1.19 bits per heavy atom. The van der Waals surface area contributed by atoms with Crippen LogP contribution in [0.1, 0.15) is 17.9 Å². The lowest BCUT2D eigenvalue weighted by atomic mass is 9.96. The molecule has 1 unspecified atom stereocenters. The fraction of sp³-hybridized carbons (Fsp3) is 0.182. The molecule has 0 aromatic heterocycles. The van der Waals surface area contributed by atoms with Crippen LogP contribution in [0.2, 0.25) is 5.02 Å². The Labute approximate surface area is 114 Å². The van der Waals surface area contributed by atoms with Gasteiger partial charge in [-0.05, 0) is 35.4 Å². The van der Waals surface area contributed by atoms with Gasteiger partial charge in [0.15, 0.2) is 0 Å². The zero-order valence-corrected chi connectivity index (χ0v) is 11.1. The first-order valence-corrected chi connectivity index (χ1v) is 5.97. The third-order valence-electron chi connectivity index (χ3n) is 2.01. The van der Waals surface area contributed by atoms with Gasteiger partial charge in [-0.25, -0.2) is 0 Å². The molecule has 1 atom stereocenters. The second-order valence-corrected chi connectivity index (χ2v) is 5.04. The highest BCUT2D eigenvalue weighted by molar-refractivity contribution is 6.63. The molecule has 0 fully saturated rings. The van der Waals surface area contributed by atoms with Crippen molar-refractivity contribution in [3.63, 3.8) is 0 Å². The smallest absolute Gasteiger partial charge is 0.222 e. The minimum Gasteiger partial charge on any atom is -0.281 e. The lowest BCUT2D eigenvalue weighted by Gasteiger charge is -2.10. The van der Waals surface area contributed by atoms with E-state index in [0.717, 1.165) is 5.56 Å². The third kappa shape index (κ3) is 4.75. The van der Waals surface area contributed by atoms with Crippen molar-refractivity contribution < 1.29 is 4.79 Å². The predicted molar refractivity (Wildman–Crippen MR) is 69.5 cm³/mol. The molecular formula is C11H8Cl4O. The highest BCUT2D eigenvalue weighted by atomic mass is 35.5. The lowest BCUT2D eigenvalue weighted by Crippen LogP contribution is -2.00. The van der Waals surface area contributed by atoms with Gasteiger partial charge in [-0.3, -0.25) is 4.79 Å². The zero-order chi connectivity index (χ0) is 12.1. The van der Waals surface area contributed by atoms with Crippen molar-refractivity contribution in [1.82, 2.24) is 0 Å². The second kappa shape index (κ2) is 6.51. The summed E-state index contributed by atoms with van der Waals surface area (Å²) >= 11 is 22.3. The number of hydrogen-bond acceptors (Lipinski definition) is 1. The number of carbonyl (C=O) groups excluding carboxylic acids is 1. The molecule has 0 aliphatic carbocycles. The van der Waals surface area contributed by atoms with Gasteiger partial charge in [0.05, 0.1) is 0 Å². The molecule has 1 aromatic rings. The van der Waals surface area contributed by atoms with Gasteiger partial charge in [0, 0.05) is 17.4 Å². The van der Waals surface area contributed by atoms with E-state index >= 15 is 0 Å². The van der Waals surface area contributed by atoms with Gasteiger partial charge in [0.2, 0.25) is 5.24 Å². The van der Waals surface area contributed by atoms with Gasteiger partial charge in [-0.15, -0.1) is 0 Å². The third-order valence-corrected chi connectivity index (χ3v) is 2.66. The van der Waals surface area contributed by atoms with E-state index in [-0.39, 0.29) is 16.8 Å². The van der Waals surface area contributed by atoms with Gasteiger partial charge in [0.25, 0.3) is 0 Å². The number of benzene rings is 1. The second-order valence-electron chi connectivity index (χ2n) is 3.17. The lowest BCUT2D eigenvalue weighted by molar-refractivity contribution is -0.111. The first-order valence-electron chi connectivity index (χ1n) is 4.45. The maximum Gasteiger partial charge on any atom is 0.222 e. The van der Waals surface area contributed by atoms with Gasteiger partial charge in [0.1, 0.15) is 4.49 Å². The summed E-state index contributed by atoms with van der Waals surface area (Å²) < 4.78 is 0.109. The molecule has 0 amide bonds. The van der Waals surface area contributed by atoms with E-state index in [9.17, 15) is 4.79 Å². The molecule has 1 nitrogen and oxygen atoms in total. The van der Waals surface area contributed by atoms with Crippen LogP contribution in [0, 0.1) is 0 Å². The van der Waals surface area contributed by atoms with E-state index in [1.54, 1.807) is 30.3 Å². The summed E-state index contributed by atoms with van der Waals surface area (Å²) in [6.07, 6.45) is 1.72. The maximum atomic E-state index is 10.9. The summed E-state index contributed by atoms with van der Waals surface area (Å²) in [7, 11) is 0. The molecule has 0 spiro atoms. The van der Waals surface area contributed by atoms with Crippen LogP contribution in [0.4, 0.5) is 0 Å². The molecule has 0 bridgehead atoms. The van der Waals surface area contributed by atoms with E-state index in [1.807, 2.05) is 0 Å². The van der Waals surface area contributed by atoms with Crippen molar-refractivity contribution in [1.29, 1.82) is 0 Å². The zero-order valence-electron chi connectivity index (χ0n) is 8.09. The summed E-state index contributed by atoms with van der Waals surface area (Å²) in [5.41, 5.74) is 0.886. The van der Waals surface area contributed by atoms with E-state index in [4.69, 9.17) is 46.4 Å². The van der Waals surface area contributed by atoms with Crippen LogP contribution in [-0.4, -0.2) is 5.24 Å². The number of hydrogen-bond donors (Lipinski definition) is 0. The quantitative estimate of drug-likeness (QED) is 0.723. The largest absolute Gasteiger partial charge is 0.281 e. The fourth-order valence-corrected chi connectivity index (χ4v) is 1.90. The van der Waals surface area contributed by atoms with Gasteiger partial charge >= 0.3 is 0 Å². The first-order chi connectivity index (χ1) is 7.49. The molecule has 16 heavy (non-hydrogen) atoms. The summed E-state index contributed by atoms with van der Waals surface area (Å²) in [5, 5.41) is 0.187. The van der Waals surface area contributed by atoms with E-state index in [1.165, 1.54) is 0 Å². The van der Waals surface area contributed by atoms with E-state index in [2.05, 4.69) is 0 Å². The molecule has 0 aliphatic rings. The predicted octanol–water partition coefficient (Wildman–Crippen LogP) is 4.90. The molecule has 1 rings (SSSR count). The minimum absolute atomic E-state index is 0.109. The summed E-state index contributed by atoms with van der Waals surface area (Å²) in [4.78, 5) is 10.9. The number of halogens is 4. The highest BCUT2D eigenvalue weighted by Gasteiger charge is 2.13. The van der Waals surface area contributed by atoms with Crippen LogP contribution in [0.3, 0.4) is 0 Å². The van der Waals surface area contributed by atoms with Gasteiger partial charge in [-0.2, -0.15) is 0 Å². The SMILES string of the molecule is O=C(Cl)CC(C=C(Cl)Cl)c1ccc(Cl)cc1. The molecule has 0 saturated carbocycles. The van der Waals surface area contributed by atoms with E-state index in [0.29, 0.717) is 5.02 Å². The number of carbonyl (C=O) groups is 1. The molecule has 0 N–H and O–H groups in total. The van der Waals surface area contributed by atoms with Crippen LogP contribution >= 0.6 is 46.4 Å². The Bertz CT molecular complexity index is 393. The Morgan fingerprint density at radius 3 is 2.19 bits per heavy atom. The highest BCUT2D eigenvalue weighted by Crippen LogP contribution is 2.27. The summed E-state index contributed by atoms with van der Waals surface area (Å²) in [5.74, 6) is -0.229. The van der Waals surface area contributed by atoms with Gasteiger partial charge < -0.3 is 0 Å². The molecular weight excluding hydrogens is 290 g/mol.